The molecule has 7 fully saturated rings. The number of fused-ring (bicyclic) bond motifs is 1. The number of nitrogens with zero attached hydrogens (tertiary/aromatic N) is 8. The smallest absolute Gasteiger partial charge is 0.246 e. The van der Waals surface area contributed by atoms with Crippen LogP contribution >= 0.6 is 0 Å². The first-order chi connectivity index (χ1) is 45.8. The number of piperidine rings is 2. The third-order valence-corrected chi connectivity index (χ3v) is 22.3. The summed E-state index contributed by atoms with van der Waals surface area (Å²) in [5, 5.41) is 25.6. The van der Waals surface area contributed by atoms with Crippen LogP contribution in [0.5, 0.6) is 0 Å². The Kier molecular flexibility index (Phi) is 23.3. The normalized spacial score (nSPS) is 24.7. The van der Waals surface area contributed by atoms with Gasteiger partial charge in [0.15, 0.2) is 0 Å². The van der Waals surface area contributed by atoms with Crippen molar-refractivity contribution in [1.82, 2.24) is 66.8 Å². The minimum absolute atomic E-state index is 0.00136. The van der Waals surface area contributed by atoms with Crippen molar-refractivity contribution in [3.63, 3.8) is 0 Å². The molecule has 2 spiro atoms. The van der Waals surface area contributed by atoms with Gasteiger partial charge in [0.1, 0.15) is 41.7 Å². The first kappa shape index (κ1) is 69.7. The van der Waals surface area contributed by atoms with E-state index in [1.54, 1.807) is 25.2 Å². The Morgan fingerprint density at radius 2 is 1.46 bits per heavy atom. The summed E-state index contributed by atoms with van der Waals surface area (Å²) in [6, 6.07) is 10.0. The first-order valence-electron chi connectivity index (χ1n) is 35.8. The second-order valence-corrected chi connectivity index (χ2v) is 29.7. The van der Waals surface area contributed by atoms with E-state index in [-0.39, 0.29) is 95.8 Å². The molecule has 8 aliphatic rings. The molecule has 0 bridgehead atoms. The summed E-state index contributed by atoms with van der Waals surface area (Å²) in [6.45, 7) is 18.2. The summed E-state index contributed by atoms with van der Waals surface area (Å²) >= 11 is 0. The summed E-state index contributed by atoms with van der Waals surface area (Å²) in [5.74, 6) is -0.612. The molecule has 24 heteroatoms. The number of rotatable bonds is 25. The molecule has 520 valence electrons. The number of nitrogens with one attached hydrogen (secondary N) is 8. The van der Waals surface area contributed by atoms with Gasteiger partial charge in [0.2, 0.25) is 35.4 Å². The molecule has 0 radical (unpaired) electrons. The van der Waals surface area contributed by atoms with E-state index in [1.165, 1.54) is 17.7 Å². The Hall–Kier alpha value is -6.60. The fraction of sp³-hybridized carbons (Fsp3) is 0.690. The number of piperazine rings is 1. The highest BCUT2D eigenvalue weighted by molar-refractivity contribution is 5.94. The predicted octanol–water partition coefficient (Wildman–Crippen LogP) is 4.99. The van der Waals surface area contributed by atoms with Gasteiger partial charge in [0.25, 0.3) is 0 Å². The van der Waals surface area contributed by atoms with Crippen molar-refractivity contribution in [1.29, 1.82) is 0 Å². The number of benzene rings is 2. The molecule has 7 heterocycles. The summed E-state index contributed by atoms with van der Waals surface area (Å²) in [7, 11) is 1.70. The average Bonchev–Trinajstić information content (AvgIpc) is 1.36. The maximum absolute atomic E-state index is 15.8. The van der Waals surface area contributed by atoms with Crippen LogP contribution in [0.2, 0.25) is 0 Å². The van der Waals surface area contributed by atoms with Crippen LogP contribution < -0.4 is 52.3 Å². The van der Waals surface area contributed by atoms with Crippen molar-refractivity contribution in [2.24, 2.45) is 16.7 Å². The monoisotopic (exact) mass is 1320 g/mol. The molecular formula is C71H106F2N16O6. The van der Waals surface area contributed by atoms with Crippen LogP contribution in [0.3, 0.4) is 0 Å². The molecule has 0 unspecified atom stereocenters. The zero-order valence-corrected chi connectivity index (χ0v) is 56.8. The molecule has 6 saturated heterocycles. The molecule has 3 aromatic rings. The maximum Gasteiger partial charge on any atom is 0.246 e. The summed E-state index contributed by atoms with van der Waals surface area (Å²) in [5.41, 5.74) is 3.23. The Morgan fingerprint density at radius 3 is 2.25 bits per heavy atom. The van der Waals surface area contributed by atoms with E-state index in [0.29, 0.717) is 75.6 Å². The van der Waals surface area contributed by atoms with Crippen molar-refractivity contribution in [3.05, 3.63) is 77.1 Å². The number of aryl methyl sites for hydroxylation is 1. The van der Waals surface area contributed by atoms with Gasteiger partial charge in [-0.05, 0) is 158 Å². The maximum atomic E-state index is 15.8. The Labute approximate surface area is 560 Å². The van der Waals surface area contributed by atoms with Crippen molar-refractivity contribution < 1.29 is 37.5 Å². The number of hydrogen-bond donors (Lipinski definition) is 8. The molecule has 8 N–H and O–H groups in total. The third kappa shape index (κ3) is 18.2. The number of amides is 6. The van der Waals surface area contributed by atoms with E-state index in [0.717, 1.165) is 166 Å². The van der Waals surface area contributed by atoms with Gasteiger partial charge in [-0.3, -0.25) is 38.6 Å². The van der Waals surface area contributed by atoms with E-state index in [4.69, 9.17) is 0 Å². The van der Waals surface area contributed by atoms with E-state index < -0.39 is 24.2 Å². The highest BCUT2D eigenvalue weighted by atomic mass is 19.1. The highest BCUT2D eigenvalue weighted by Crippen LogP contribution is 2.40. The zero-order chi connectivity index (χ0) is 66.7. The van der Waals surface area contributed by atoms with Crippen LogP contribution in [-0.2, 0) is 41.7 Å². The molecule has 2 aromatic carbocycles. The molecular weight excluding hydrogens is 1210 g/mol. The van der Waals surface area contributed by atoms with E-state index >= 15 is 8.78 Å². The van der Waals surface area contributed by atoms with Crippen LogP contribution in [-0.4, -0.2) is 213 Å². The molecule has 6 atom stereocenters. The average molecular weight is 1320 g/mol. The number of halogens is 2. The van der Waals surface area contributed by atoms with Crippen molar-refractivity contribution in [2.75, 3.05) is 133 Å². The molecule has 6 aliphatic heterocycles. The van der Waals surface area contributed by atoms with Gasteiger partial charge >= 0.3 is 0 Å². The largest absolute Gasteiger partial charge is 0.370 e. The number of anilines is 3. The lowest BCUT2D eigenvalue weighted by molar-refractivity contribution is -0.143. The summed E-state index contributed by atoms with van der Waals surface area (Å²) in [6.07, 6.45) is 15.5. The standard InChI is InChI=1S/C71H106F2N16O6/c1-49(74-4)66(93)83-65(51-13-6-5-7-14-51)68(95)89-43-53(39-59(89)67(94)82-57-17-10-15-50-12-8-9-16-54(50)57)81-63(91)19-18-62(90)77-28-36-85-32-22-70(45-85)23-33-86(46-70)44-64(92)76-27-11-26-75-60-41-61(79-48-78-60)87-34-24-71(25-35-87)47-88(37-29-80-71)58-40-55(72)52(38-56(58)73)42-84-30-20-69(2,3)21-31-84/h8-9,12,16,38,40-41,48-49,51,53,57,59,65,74,80H,5-7,10-11,13-15,17-37,39,42-47H2,1-4H3,(H,76,92)(H,77,90)(H,81,91)(H,82,94)(H,83,93)(H,75,78,79)/t49-,53-,57-,59-,65-,70-/m0/s1. The van der Waals surface area contributed by atoms with Crippen LogP contribution in [0.15, 0.2) is 48.8 Å². The lowest BCUT2D eigenvalue weighted by atomic mass is 9.82. The van der Waals surface area contributed by atoms with E-state index in [2.05, 4.69) is 98.1 Å². The number of likely N-dealkylation sites (tertiary alicyclic amines) is 4. The van der Waals surface area contributed by atoms with Crippen molar-refractivity contribution in [2.45, 2.75) is 179 Å². The van der Waals surface area contributed by atoms with Crippen molar-refractivity contribution >= 4 is 52.8 Å². The van der Waals surface area contributed by atoms with Crippen molar-refractivity contribution in [3.8, 4) is 0 Å². The van der Waals surface area contributed by atoms with Crippen LogP contribution in [0.4, 0.5) is 26.1 Å². The minimum atomic E-state index is -0.854. The number of carbonyl (C=O) groups is 6. The van der Waals surface area contributed by atoms with Crippen LogP contribution in [0.25, 0.3) is 0 Å². The molecule has 1 saturated carbocycles. The highest BCUT2D eigenvalue weighted by Gasteiger charge is 2.47. The Morgan fingerprint density at radius 1 is 0.726 bits per heavy atom. The van der Waals surface area contributed by atoms with E-state index in [9.17, 15) is 28.8 Å². The van der Waals surface area contributed by atoms with Crippen LogP contribution in [0.1, 0.15) is 153 Å². The van der Waals surface area contributed by atoms with Gasteiger partial charge in [0, 0.05) is 127 Å². The lowest BCUT2D eigenvalue weighted by Gasteiger charge is -2.49. The number of hydrogen-bond acceptors (Lipinski definition) is 16. The van der Waals surface area contributed by atoms with Gasteiger partial charge in [0.05, 0.1) is 24.3 Å². The molecule has 11 rings (SSSR count). The van der Waals surface area contributed by atoms with Crippen LogP contribution in [0, 0.1) is 28.4 Å². The summed E-state index contributed by atoms with van der Waals surface area (Å²) < 4.78 is 31.3. The lowest BCUT2D eigenvalue weighted by Crippen LogP contribution is -2.64. The summed E-state index contributed by atoms with van der Waals surface area (Å²) in [4.78, 5) is 104. The second-order valence-electron chi connectivity index (χ2n) is 29.7. The van der Waals surface area contributed by atoms with Gasteiger partial charge in [-0.25, -0.2) is 18.7 Å². The molecule has 6 amide bonds. The minimum Gasteiger partial charge on any atom is -0.370 e. The fourth-order valence-corrected chi connectivity index (χ4v) is 16.3. The quantitative estimate of drug-likeness (QED) is 0.0521. The van der Waals surface area contributed by atoms with Gasteiger partial charge in [-0.1, -0.05) is 57.4 Å². The molecule has 22 nitrogen and oxygen atoms in total. The number of aromatic nitrogens is 2. The second kappa shape index (κ2) is 31.7. The third-order valence-electron chi connectivity index (χ3n) is 22.3. The SMILES string of the molecule is CN[C@@H](C)C(=O)N[C@H](C(=O)N1C[C@@H](NC(=O)CCC(=O)NCCN2CC[C@]3(CCN(CC(=O)NCCCNc4cc(N5CCC6(CC5)CN(c5cc(F)c(CN7CCC(C)(C)CC7)cc5F)CCN6)ncn4)C3)C2)C[C@H]1C(=O)N[C@H]1CCCc2ccccc21)C1CCCCC1. The van der Waals surface area contributed by atoms with Gasteiger partial charge in [-0.15, -0.1) is 0 Å². The van der Waals surface area contributed by atoms with Gasteiger partial charge < -0.3 is 62.1 Å². The topological polar surface area (TPSA) is 244 Å². The Balaban J connectivity index is 0.562. The molecule has 1 aromatic heterocycles. The number of carbonyl (C=O) groups excluding carboxylic acids is 6. The Bertz CT molecular complexity index is 3150. The van der Waals surface area contributed by atoms with Gasteiger partial charge in [-0.2, -0.15) is 0 Å². The molecule has 2 aliphatic carbocycles. The number of likely N-dealkylation sites (N-methyl/N-ethyl adjacent to an activating group) is 1. The first-order valence-corrected chi connectivity index (χ1v) is 35.8. The predicted molar refractivity (Wildman–Crippen MR) is 363 cm³/mol. The zero-order valence-electron chi connectivity index (χ0n) is 56.8. The van der Waals surface area contributed by atoms with E-state index in [1.807, 2.05) is 23.1 Å². The fourth-order valence-electron chi connectivity index (χ4n) is 16.3. The molecule has 95 heavy (non-hydrogen) atoms.